The second kappa shape index (κ2) is 7.13. The van der Waals surface area contributed by atoms with Crippen molar-refractivity contribution in [1.29, 1.82) is 0 Å². The number of amides is 1. The molecule has 0 spiro atoms. The molecule has 0 heterocycles. The van der Waals surface area contributed by atoms with Crippen molar-refractivity contribution < 1.29 is 24.2 Å². The highest BCUT2D eigenvalue weighted by Gasteiger charge is 2.32. The van der Waals surface area contributed by atoms with Crippen LogP contribution in [0.15, 0.2) is 24.3 Å². The Balaban J connectivity index is 2.90. The SMILES string of the molecule is COC(=O)[C@H](NC(=O)OC(C)(C)C)[C@H](O)c1ccc(N)cc1. The Labute approximate surface area is 129 Å². The molecule has 0 aliphatic heterocycles. The number of carbonyl (C=O) groups excluding carboxylic acids is 2. The van der Waals surface area contributed by atoms with E-state index in [0.29, 0.717) is 11.3 Å². The Bertz CT molecular complexity index is 522. The van der Waals surface area contributed by atoms with E-state index >= 15 is 0 Å². The van der Waals surface area contributed by atoms with E-state index in [2.05, 4.69) is 10.1 Å². The highest BCUT2D eigenvalue weighted by molar-refractivity contribution is 5.82. The van der Waals surface area contributed by atoms with Crippen LogP contribution in [0.4, 0.5) is 10.5 Å². The zero-order valence-corrected chi connectivity index (χ0v) is 13.1. The summed E-state index contributed by atoms with van der Waals surface area (Å²) in [6, 6.07) is 5.00. The molecule has 0 unspecified atom stereocenters. The first-order chi connectivity index (χ1) is 10.1. The Hall–Kier alpha value is -2.28. The molecule has 22 heavy (non-hydrogen) atoms. The predicted octanol–water partition coefficient (Wildman–Crippen LogP) is 1.37. The highest BCUT2D eigenvalue weighted by atomic mass is 16.6. The number of nitrogen functional groups attached to an aromatic ring is 1. The number of ether oxygens (including phenoxy) is 2. The second-order valence-electron chi connectivity index (χ2n) is 5.76. The Kier molecular flexibility index (Phi) is 5.76. The minimum absolute atomic E-state index is 0.417. The average Bonchev–Trinajstić information content (AvgIpc) is 2.42. The molecule has 1 rings (SSSR count). The van der Waals surface area contributed by atoms with Gasteiger partial charge < -0.3 is 25.6 Å². The van der Waals surface area contributed by atoms with Gasteiger partial charge in [0.25, 0.3) is 0 Å². The first-order valence-electron chi connectivity index (χ1n) is 6.75. The first-order valence-corrected chi connectivity index (χ1v) is 6.75. The maximum atomic E-state index is 11.8. The third kappa shape index (κ3) is 5.25. The first kappa shape index (κ1) is 17.8. The Morgan fingerprint density at radius 3 is 2.23 bits per heavy atom. The van der Waals surface area contributed by atoms with Gasteiger partial charge in [0.2, 0.25) is 0 Å². The number of rotatable bonds is 4. The van der Waals surface area contributed by atoms with E-state index in [1.54, 1.807) is 45.0 Å². The molecule has 1 aromatic rings. The van der Waals surface area contributed by atoms with Gasteiger partial charge in [-0.25, -0.2) is 9.59 Å². The van der Waals surface area contributed by atoms with Gasteiger partial charge in [-0.05, 0) is 38.5 Å². The fourth-order valence-corrected chi connectivity index (χ4v) is 1.71. The standard InChI is InChI=1S/C15H22N2O5/c1-15(2,3)22-14(20)17-11(13(19)21-4)12(18)9-5-7-10(16)8-6-9/h5-8,11-12,18H,16H2,1-4H3,(H,17,20)/t11-,12-/m1/s1. The van der Waals surface area contributed by atoms with E-state index in [4.69, 9.17) is 10.5 Å². The fraction of sp³-hybridized carbons (Fsp3) is 0.467. The lowest BCUT2D eigenvalue weighted by molar-refractivity contribution is -0.146. The van der Waals surface area contributed by atoms with Crippen LogP contribution in [0.25, 0.3) is 0 Å². The van der Waals surface area contributed by atoms with Crippen LogP contribution >= 0.6 is 0 Å². The molecule has 2 atom stereocenters. The van der Waals surface area contributed by atoms with Crippen molar-refractivity contribution >= 4 is 17.7 Å². The summed E-state index contributed by atoms with van der Waals surface area (Å²) in [6.45, 7) is 5.07. The van der Waals surface area contributed by atoms with E-state index in [9.17, 15) is 14.7 Å². The van der Waals surface area contributed by atoms with Crippen molar-refractivity contribution in [2.75, 3.05) is 12.8 Å². The van der Waals surface area contributed by atoms with Crippen LogP contribution in [-0.2, 0) is 14.3 Å². The Morgan fingerprint density at radius 1 is 1.23 bits per heavy atom. The number of methoxy groups -OCH3 is 1. The van der Waals surface area contributed by atoms with E-state index in [-0.39, 0.29) is 0 Å². The molecule has 0 saturated heterocycles. The van der Waals surface area contributed by atoms with Gasteiger partial charge in [-0.1, -0.05) is 12.1 Å². The van der Waals surface area contributed by atoms with Gasteiger partial charge in [-0.3, -0.25) is 0 Å². The quantitative estimate of drug-likeness (QED) is 0.572. The second-order valence-corrected chi connectivity index (χ2v) is 5.76. The summed E-state index contributed by atoms with van der Waals surface area (Å²) >= 11 is 0. The number of esters is 1. The summed E-state index contributed by atoms with van der Waals surface area (Å²) in [4.78, 5) is 23.6. The van der Waals surface area contributed by atoms with Crippen LogP contribution in [0, 0.1) is 0 Å². The smallest absolute Gasteiger partial charge is 0.408 e. The monoisotopic (exact) mass is 310 g/mol. The lowest BCUT2D eigenvalue weighted by atomic mass is 10.0. The van der Waals surface area contributed by atoms with E-state index < -0.39 is 29.8 Å². The van der Waals surface area contributed by atoms with Crippen molar-refractivity contribution in [2.24, 2.45) is 0 Å². The van der Waals surface area contributed by atoms with E-state index in [1.165, 1.54) is 7.11 Å². The summed E-state index contributed by atoms with van der Waals surface area (Å²) in [7, 11) is 1.17. The van der Waals surface area contributed by atoms with Gasteiger partial charge in [-0.15, -0.1) is 0 Å². The average molecular weight is 310 g/mol. The molecular weight excluding hydrogens is 288 g/mol. The molecule has 1 aromatic carbocycles. The normalized spacial score (nSPS) is 13.9. The van der Waals surface area contributed by atoms with Crippen LogP contribution in [-0.4, -0.2) is 35.9 Å². The molecule has 0 aliphatic carbocycles. The summed E-state index contributed by atoms with van der Waals surface area (Å²) in [5.74, 6) is -0.782. The lowest BCUT2D eigenvalue weighted by Gasteiger charge is -2.25. The van der Waals surface area contributed by atoms with Crippen LogP contribution in [0.5, 0.6) is 0 Å². The lowest BCUT2D eigenvalue weighted by Crippen LogP contribution is -2.47. The molecule has 0 aromatic heterocycles. The number of hydrogen-bond donors (Lipinski definition) is 3. The number of hydrogen-bond acceptors (Lipinski definition) is 6. The number of nitrogens with two attached hydrogens (primary N) is 1. The minimum atomic E-state index is -1.29. The van der Waals surface area contributed by atoms with Crippen LogP contribution < -0.4 is 11.1 Å². The summed E-state index contributed by atoms with van der Waals surface area (Å²) in [5, 5.41) is 12.6. The molecular formula is C15H22N2O5. The minimum Gasteiger partial charge on any atom is -0.467 e. The molecule has 0 aliphatic rings. The highest BCUT2D eigenvalue weighted by Crippen LogP contribution is 2.20. The van der Waals surface area contributed by atoms with Crippen LogP contribution in [0.2, 0.25) is 0 Å². The topological polar surface area (TPSA) is 111 Å². The van der Waals surface area contributed by atoms with Gasteiger partial charge in [0.05, 0.1) is 7.11 Å². The zero-order chi connectivity index (χ0) is 16.9. The van der Waals surface area contributed by atoms with Gasteiger partial charge in [-0.2, -0.15) is 0 Å². The zero-order valence-electron chi connectivity index (χ0n) is 13.1. The van der Waals surface area contributed by atoms with Gasteiger partial charge in [0.15, 0.2) is 6.04 Å². The molecule has 0 fully saturated rings. The molecule has 1 amide bonds. The summed E-state index contributed by atoms with van der Waals surface area (Å²) in [6.07, 6.45) is -2.11. The van der Waals surface area contributed by atoms with Crippen LogP contribution in [0.1, 0.15) is 32.4 Å². The Morgan fingerprint density at radius 2 is 1.77 bits per heavy atom. The number of anilines is 1. The number of nitrogens with one attached hydrogen (secondary N) is 1. The third-order valence-corrected chi connectivity index (χ3v) is 2.72. The molecule has 122 valence electrons. The molecule has 0 bridgehead atoms. The van der Waals surface area contributed by atoms with E-state index in [1.807, 2.05) is 0 Å². The van der Waals surface area contributed by atoms with Crippen molar-refractivity contribution in [1.82, 2.24) is 5.32 Å². The maximum absolute atomic E-state index is 11.8. The van der Waals surface area contributed by atoms with Gasteiger partial charge in [0.1, 0.15) is 11.7 Å². The summed E-state index contributed by atoms with van der Waals surface area (Å²) in [5.41, 5.74) is 5.79. The van der Waals surface area contributed by atoms with Gasteiger partial charge >= 0.3 is 12.1 Å². The number of alkyl carbamates (subject to hydrolysis) is 1. The molecule has 0 saturated carbocycles. The molecule has 7 heteroatoms. The fourth-order valence-electron chi connectivity index (χ4n) is 1.71. The number of carbonyl (C=O) groups is 2. The van der Waals surface area contributed by atoms with E-state index in [0.717, 1.165) is 0 Å². The predicted molar refractivity (Wildman–Crippen MR) is 81.0 cm³/mol. The maximum Gasteiger partial charge on any atom is 0.408 e. The van der Waals surface area contributed by atoms with Gasteiger partial charge in [0, 0.05) is 5.69 Å². The third-order valence-electron chi connectivity index (χ3n) is 2.72. The largest absolute Gasteiger partial charge is 0.467 e. The summed E-state index contributed by atoms with van der Waals surface area (Å²) < 4.78 is 9.69. The molecule has 4 N–H and O–H groups in total. The molecule has 0 radical (unpaired) electrons. The molecule has 7 nitrogen and oxygen atoms in total. The van der Waals surface area contributed by atoms with Crippen molar-refractivity contribution in [3.8, 4) is 0 Å². The number of benzene rings is 1. The number of aliphatic hydroxyl groups excluding tert-OH is 1. The van der Waals surface area contributed by atoms with Crippen molar-refractivity contribution in [2.45, 2.75) is 38.5 Å². The van der Waals surface area contributed by atoms with Crippen molar-refractivity contribution in [3.63, 3.8) is 0 Å². The number of aliphatic hydroxyl groups is 1. The van der Waals surface area contributed by atoms with Crippen molar-refractivity contribution in [3.05, 3.63) is 29.8 Å². The van der Waals surface area contributed by atoms with Crippen LogP contribution in [0.3, 0.4) is 0 Å².